The standard InChI is InChI=1S/C17H27NO2/c1-13-5-4-10-17(11-13,12-18)16(2,19)14-6-8-15(20-3)9-7-14/h6-9,13,19H,4-5,10-12,18H2,1-3H3. The van der Waals surface area contributed by atoms with Crippen LogP contribution < -0.4 is 10.5 Å². The molecule has 1 aromatic carbocycles. The number of methoxy groups -OCH3 is 1. The molecule has 3 nitrogen and oxygen atoms in total. The molecule has 0 saturated heterocycles. The topological polar surface area (TPSA) is 55.5 Å². The van der Waals surface area contributed by atoms with Crippen molar-refractivity contribution in [3.63, 3.8) is 0 Å². The van der Waals surface area contributed by atoms with Gasteiger partial charge in [0.15, 0.2) is 0 Å². The van der Waals surface area contributed by atoms with E-state index in [0.717, 1.165) is 30.6 Å². The van der Waals surface area contributed by atoms with Crippen LogP contribution >= 0.6 is 0 Å². The van der Waals surface area contributed by atoms with Gasteiger partial charge in [0.25, 0.3) is 0 Å². The van der Waals surface area contributed by atoms with Crippen molar-refractivity contribution in [3.05, 3.63) is 29.8 Å². The third-order valence-electron chi connectivity index (χ3n) is 5.17. The average Bonchev–Trinajstić information content (AvgIpc) is 2.47. The van der Waals surface area contributed by atoms with Crippen molar-refractivity contribution >= 4 is 0 Å². The first-order chi connectivity index (χ1) is 9.45. The van der Waals surface area contributed by atoms with Gasteiger partial charge in [-0.1, -0.05) is 31.9 Å². The molecule has 112 valence electrons. The highest BCUT2D eigenvalue weighted by atomic mass is 16.5. The largest absolute Gasteiger partial charge is 0.497 e. The van der Waals surface area contributed by atoms with E-state index in [1.54, 1.807) is 7.11 Å². The van der Waals surface area contributed by atoms with Crippen LogP contribution in [0.1, 0.15) is 45.1 Å². The lowest BCUT2D eigenvalue weighted by Gasteiger charge is -2.49. The number of nitrogens with two attached hydrogens (primary N) is 1. The molecular formula is C17H27NO2. The Bertz CT molecular complexity index is 441. The zero-order valence-corrected chi connectivity index (χ0v) is 12.9. The summed E-state index contributed by atoms with van der Waals surface area (Å²) in [6, 6.07) is 7.71. The van der Waals surface area contributed by atoms with Crippen LogP contribution in [0.25, 0.3) is 0 Å². The van der Waals surface area contributed by atoms with Crippen molar-refractivity contribution in [1.29, 1.82) is 0 Å². The third-order valence-corrected chi connectivity index (χ3v) is 5.17. The minimum atomic E-state index is -0.900. The third kappa shape index (κ3) is 2.57. The summed E-state index contributed by atoms with van der Waals surface area (Å²) in [6.07, 6.45) is 4.36. The van der Waals surface area contributed by atoms with Gasteiger partial charge < -0.3 is 15.6 Å². The van der Waals surface area contributed by atoms with Gasteiger partial charge in [0.2, 0.25) is 0 Å². The fourth-order valence-corrected chi connectivity index (χ4v) is 3.71. The number of rotatable bonds is 4. The van der Waals surface area contributed by atoms with Gasteiger partial charge in [-0.05, 0) is 43.4 Å². The fraction of sp³-hybridized carbons (Fsp3) is 0.647. The van der Waals surface area contributed by atoms with Crippen molar-refractivity contribution in [2.45, 2.75) is 45.1 Å². The molecule has 1 saturated carbocycles. The summed E-state index contributed by atoms with van der Waals surface area (Å²) in [7, 11) is 1.65. The molecule has 20 heavy (non-hydrogen) atoms. The SMILES string of the molecule is COc1ccc(C(C)(O)C2(CN)CCCC(C)C2)cc1. The maximum atomic E-state index is 11.2. The Morgan fingerprint density at radius 2 is 2.05 bits per heavy atom. The van der Waals surface area contributed by atoms with Crippen molar-refractivity contribution in [2.24, 2.45) is 17.1 Å². The Morgan fingerprint density at radius 1 is 1.40 bits per heavy atom. The van der Waals surface area contributed by atoms with E-state index in [1.807, 2.05) is 31.2 Å². The minimum Gasteiger partial charge on any atom is -0.497 e. The smallest absolute Gasteiger partial charge is 0.118 e. The summed E-state index contributed by atoms with van der Waals surface area (Å²) in [4.78, 5) is 0. The predicted molar refractivity (Wildman–Crippen MR) is 81.7 cm³/mol. The molecule has 0 amide bonds. The lowest BCUT2D eigenvalue weighted by molar-refractivity contribution is -0.101. The van der Waals surface area contributed by atoms with E-state index in [0.29, 0.717) is 12.5 Å². The molecule has 0 aliphatic heterocycles. The highest BCUT2D eigenvalue weighted by Crippen LogP contribution is 2.50. The maximum Gasteiger partial charge on any atom is 0.118 e. The molecule has 0 heterocycles. The number of hydrogen-bond donors (Lipinski definition) is 2. The second kappa shape index (κ2) is 5.74. The minimum absolute atomic E-state index is 0.223. The molecule has 3 unspecified atom stereocenters. The summed E-state index contributed by atoms with van der Waals surface area (Å²) >= 11 is 0. The molecule has 1 fully saturated rings. The lowest BCUT2D eigenvalue weighted by Crippen LogP contribution is -2.51. The molecule has 0 bridgehead atoms. The molecule has 2 rings (SSSR count). The molecule has 3 atom stereocenters. The summed E-state index contributed by atoms with van der Waals surface area (Å²) in [5.41, 5.74) is 5.90. The molecule has 1 aromatic rings. The molecule has 0 radical (unpaired) electrons. The van der Waals surface area contributed by atoms with E-state index < -0.39 is 5.60 Å². The van der Waals surface area contributed by atoms with Gasteiger partial charge >= 0.3 is 0 Å². The van der Waals surface area contributed by atoms with Gasteiger partial charge in [-0.25, -0.2) is 0 Å². The molecule has 3 heteroatoms. The zero-order valence-electron chi connectivity index (χ0n) is 12.9. The first-order valence-corrected chi connectivity index (χ1v) is 7.52. The van der Waals surface area contributed by atoms with Gasteiger partial charge in [-0.2, -0.15) is 0 Å². The Kier molecular flexibility index (Phi) is 4.40. The molecular weight excluding hydrogens is 250 g/mol. The number of ether oxygens (including phenoxy) is 1. The van der Waals surface area contributed by atoms with Crippen LogP contribution in [-0.4, -0.2) is 18.8 Å². The molecule has 3 N–H and O–H groups in total. The number of hydrogen-bond acceptors (Lipinski definition) is 3. The first kappa shape index (κ1) is 15.3. The van der Waals surface area contributed by atoms with Gasteiger partial charge in [-0.15, -0.1) is 0 Å². The predicted octanol–water partition coefficient (Wildman–Crippen LogP) is 3.06. The van der Waals surface area contributed by atoms with Crippen molar-refractivity contribution in [3.8, 4) is 5.75 Å². The van der Waals surface area contributed by atoms with Crippen LogP contribution in [0, 0.1) is 11.3 Å². The molecule has 0 spiro atoms. The van der Waals surface area contributed by atoms with Crippen LogP contribution in [0.3, 0.4) is 0 Å². The number of benzene rings is 1. The van der Waals surface area contributed by atoms with E-state index in [9.17, 15) is 5.11 Å². The Balaban J connectivity index is 2.34. The van der Waals surface area contributed by atoms with E-state index in [-0.39, 0.29) is 5.41 Å². The summed E-state index contributed by atoms with van der Waals surface area (Å²) in [5, 5.41) is 11.2. The summed E-state index contributed by atoms with van der Waals surface area (Å²) in [6.45, 7) is 4.70. The zero-order chi connectivity index (χ0) is 14.8. The fourth-order valence-electron chi connectivity index (χ4n) is 3.71. The molecule has 1 aliphatic rings. The van der Waals surface area contributed by atoms with E-state index in [4.69, 9.17) is 10.5 Å². The van der Waals surface area contributed by atoms with Gasteiger partial charge in [0.1, 0.15) is 5.75 Å². The van der Waals surface area contributed by atoms with Crippen molar-refractivity contribution < 1.29 is 9.84 Å². The lowest BCUT2D eigenvalue weighted by atomic mass is 9.59. The van der Waals surface area contributed by atoms with Crippen LogP contribution in [-0.2, 0) is 5.60 Å². The summed E-state index contributed by atoms with van der Waals surface area (Å²) in [5.74, 6) is 1.43. The highest BCUT2D eigenvalue weighted by Gasteiger charge is 2.48. The monoisotopic (exact) mass is 277 g/mol. The van der Waals surface area contributed by atoms with E-state index in [2.05, 4.69) is 6.92 Å². The maximum absolute atomic E-state index is 11.2. The average molecular weight is 277 g/mol. The van der Waals surface area contributed by atoms with Crippen LogP contribution in [0.4, 0.5) is 0 Å². The van der Waals surface area contributed by atoms with Gasteiger partial charge in [0.05, 0.1) is 12.7 Å². The Morgan fingerprint density at radius 3 is 2.55 bits per heavy atom. The molecule has 1 aliphatic carbocycles. The summed E-state index contributed by atoms with van der Waals surface area (Å²) < 4.78 is 5.19. The second-order valence-electron chi connectivity index (χ2n) is 6.49. The van der Waals surface area contributed by atoms with Crippen LogP contribution in [0.5, 0.6) is 5.75 Å². The van der Waals surface area contributed by atoms with Gasteiger partial charge in [-0.3, -0.25) is 0 Å². The van der Waals surface area contributed by atoms with Gasteiger partial charge in [0, 0.05) is 12.0 Å². The number of aliphatic hydroxyl groups is 1. The first-order valence-electron chi connectivity index (χ1n) is 7.52. The van der Waals surface area contributed by atoms with E-state index >= 15 is 0 Å². The van der Waals surface area contributed by atoms with Crippen molar-refractivity contribution in [2.75, 3.05) is 13.7 Å². The molecule has 0 aromatic heterocycles. The van der Waals surface area contributed by atoms with Crippen molar-refractivity contribution in [1.82, 2.24) is 0 Å². The van der Waals surface area contributed by atoms with Crippen LogP contribution in [0.15, 0.2) is 24.3 Å². The second-order valence-corrected chi connectivity index (χ2v) is 6.49. The van der Waals surface area contributed by atoms with Crippen LogP contribution in [0.2, 0.25) is 0 Å². The van der Waals surface area contributed by atoms with E-state index in [1.165, 1.54) is 6.42 Å². The normalized spacial score (nSPS) is 29.8. The quantitative estimate of drug-likeness (QED) is 0.889. The highest BCUT2D eigenvalue weighted by molar-refractivity contribution is 5.32. The Hall–Kier alpha value is -1.06. The Labute approximate surface area is 122 Å².